The van der Waals surface area contributed by atoms with E-state index in [1.807, 2.05) is 0 Å². The highest BCUT2D eigenvalue weighted by atomic mass is 35.5. The molecule has 1 aromatic carbocycles. The van der Waals surface area contributed by atoms with E-state index in [1.54, 1.807) is 18.0 Å². The van der Waals surface area contributed by atoms with Gasteiger partial charge in [-0.25, -0.2) is 0 Å². The monoisotopic (exact) mass is 450 g/mol. The third-order valence-corrected chi connectivity index (χ3v) is 5.76. The van der Waals surface area contributed by atoms with E-state index in [-0.39, 0.29) is 60.7 Å². The standard InChI is InChI=1S/C20H22N4O6.ClH/c1-23(11-7-8-21-9-11)16(26)10-30-14-4-2-3-12-17(14)20(29)24(19(12)28)13-5-6-15(25)22-18(13)27;/h2-4,11,13,21H,5-10H2,1H3,(H,22,25,27);1H. The van der Waals surface area contributed by atoms with Crippen molar-refractivity contribution in [2.75, 3.05) is 26.7 Å². The highest BCUT2D eigenvalue weighted by molar-refractivity contribution is 6.24. The lowest BCUT2D eigenvalue weighted by molar-refractivity contribution is -0.136. The fourth-order valence-electron chi connectivity index (χ4n) is 4.02. The summed E-state index contributed by atoms with van der Waals surface area (Å²) in [5.74, 6) is -2.51. The Hall–Kier alpha value is -2.98. The van der Waals surface area contributed by atoms with Gasteiger partial charge in [-0.3, -0.25) is 34.2 Å². The van der Waals surface area contributed by atoms with Crippen LogP contribution in [0.1, 0.15) is 40.0 Å². The summed E-state index contributed by atoms with van der Waals surface area (Å²) >= 11 is 0. The number of carbonyl (C=O) groups is 5. The Balaban J connectivity index is 0.00000272. The third-order valence-electron chi connectivity index (χ3n) is 5.76. The number of hydrogen-bond donors (Lipinski definition) is 2. The van der Waals surface area contributed by atoms with Crippen LogP contribution in [0.5, 0.6) is 5.75 Å². The highest BCUT2D eigenvalue weighted by Gasteiger charge is 2.46. The van der Waals surface area contributed by atoms with E-state index in [2.05, 4.69) is 10.6 Å². The average molecular weight is 451 g/mol. The van der Waals surface area contributed by atoms with Crippen LogP contribution in [0.2, 0.25) is 0 Å². The predicted octanol–water partition coefficient (Wildman–Crippen LogP) is -0.291. The zero-order valence-electron chi connectivity index (χ0n) is 16.9. The number of piperidine rings is 1. The van der Waals surface area contributed by atoms with Crippen molar-refractivity contribution in [3.05, 3.63) is 29.3 Å². The number of imide groups is 2. The van der Waals surface area contributed by atoms with Crippen LogP contribution >= 0.6 is 12.4 Å². The minimum atomic E-state index is -1.05. The van der Waals surface area contributed by atoms with Gasteiger partial charge in [0.2, 0.25) is 11.8 Å². The zero-order valence-corrected chi connectivity index (χ0v) is 17.7. The lowest BCUT2D eigenvalue weighted by atomic mass is 10.0. The molecular formula is C20H23ClN4O6. The molecule has 5 amide bonds. The number of benzene rings is 1. The predicted molar refractivity (Wildman–Crippen MR) is 110 cm³/mol. The van der Waals surface area contributed by atoms with Gasteiger partial charge in [-0.05, 0) is 31.5 Å². The van der Waals surface area contributed by atoms with Gasteiger partial charge in [0, 0.05) is 26.1 Å². The van der Waals surface area contributed by atoms with Crippen LogP contribution in [0.4, 0.5) is 0 Å². The maximum Gasteiger partial charge on any atom is 0.266 e. The molecule has 3 aliphatic heterocycles. The molecule has 3 heterocycles. The number of halogens is 1. The molecule has 3 aliphatic rings. The normalized spacial score (nSPS) is 22.7. The van der Waals surface area contributed by atoms with Crippen molar-refractivity contribution in [3.63, 3.8) is 0 Å². The van der Waals surface area contributed by atoms with E-state index >= 15 is 0 Å². The van der Waals surface area contributed by atoms with Crippen LogP contribution in [-0.4, -0.2) is 78.2 Å². The van der Waals surface area contributed by atoms with Gasteiger partial charge in [0.1, 0.15) is 11.8 Å². The Morgan fingerprint density at radius 2 is 1.97 bits per heavy atom. The molecule has 0 aliphatic carbocycles. The number of ether oxygens (including phenoxy) is 1. The quantitative estimate of drug-likeness (QED) is 0.590. The van der Waals surface area contributed by atoms with Crippen molar-refractivity contribution >= 4 is 41.9 Å². The van der Waals surface area contributed by atoms with Crippen molar-refractivity contribution in [3.8, 4) is 5.75 Å². The van der Waals surface area contributed by atoms with Crippen molar-refractivity contribution in [1.82, 2.24) is 20.4 Å². The molecule has 2 saturated heterocycles. The maximum atomic E-state index is 13.0. The van der Waals surface area contributed by atoms with Crippen molar-refractivity contribution in [1.29, 1.82) is 0 Å². The minimum absolute atomic E-state index is 0. The number of likely N-dealkylation sites (N-methyl/N-ethyl adjacent to an activating group) is 1. The van der Waals surface area contributed by atoms with Crippen molar-refractivity contribution < 1.29 is 28.7 Å². The summed E-state index contributed by atoms with van der Waals surface area (Å²) in [6.45, 7) is 1.29. The number of nitrogens with one attached hydrogen (secondary N) is 2. The van der Waals surface area contributed by atoms with E-state index < -0.39 is 29.7 Å². The van der Waals surface area contributed by atoms with E-state index in [1.165, 1.54) is 12.1 Å². The van der Waals surface area contributed by atoms with Crippen LogP contribution in [0, 0.1) is 0 Å². The molecule has 0 radical (unpaired) electrons. The molecule has 0 spiro atoms. The summed E-state index contributed by atoms with van der Waals surface area (Å²) in [5, 5.41) is 5.35. The molecule has 4 rings (SSSR count). The molecule has 166 valence electrons. The molecule has 2 fully saturated rings. The second kappa shape index (κ2) is 9.03. The van der Waals surface area contributed by atoms with Gasteiger partial charge in [0.05, 0.1) is 11.1 Å². The molecule has 0 saturated carbocycles. The lowest BCUT2D eigenvalue weighted by Crippen LogP contribution is -2.54. The van der Waals surface area contributed by atoms with Crippen LogP contribution in [0.15, 0.2) is 18.2 Å². The summed E-state index contributed by atoms with van der Waals surface area (Å²) in [6, 6.07) is 3.59. The van der Waals surface area contributed by atoms with Gasteiger partial charge in [0.15, 0.2) is 6.61 Å². The summed E-state index contributed by atoms with van der Waals surface area (Å²) in [4.78, 5) is 64.3. The second-order valence-corrected chi connectivity index (χ2v) is 7.57. The molecule has 2 N–H and O–H groups in total. The van der Waals surface area contributed by atoms with Gasteiger partial charge in [-0.15, -0.1) is 12.4 Å². The Labute approximate surface area is 184 Å². The average Bonchev–Trinajstić information content (AvgIpc) is 3.34. The zero-order chi connectivity index (χ0) is 21.4. The number of hydrogen-bond acceptors (Lipinski definition) is 7. The molecule has 0 aromatic heterocycles. The largest absolute Gasteiger partial charge is 0.483 e. The number of rotatable bonds is 5. The molecule has 1 aromatic rings. The minimum Gasteiger partial charge on any atom is -0.483 e. The molecule has 0 bridgehead atoms. The Kier molecular flexibility index (Phi) is 6.61. The smallest absolute Gasteiger partial charge is 0.266 e. The van der Waals surface area contributed by atoms with E-state index in [0.717, 1.165) is 24.4 Å². The maximum absolute atomic E-state index is 13.0. The lowest BCUT2D eigenvalue weighted by Gasteiger charge is -2.27. The van der Waals surface area contributed by atoms with Crippen molar-refractivity contribution in [2.45, 2.75) is 31.3 Å². The first-order valence-corrected chi connectivity index (χ1v) is 9.82. The summed E-state index contributed by atoms with van der Waals surface area (Å²) in [5.41, 5.74) is 0.146. The molecule has 10 nitrogen and oxygen atoms in total. The fourth-order valence-corrected chi connectivity index (χ4v) is 4.02. The first kappa shape index (κ1) is 22.7. The number of fused-ring (bicyclic) bond motifs is 1. The Bertz CT molecular complexity index is 946. The van der Waals surface area contributed by atoms with Gasteiger partial charge in [-0.2, -0.15) is 0 Å². The molecule has 31 heavy (non-hydrogen) atoms. The van der Waals surface area contributed by atoms with Gasteiger partial charge >= 0.3 is 0 Å². The van der Waals surface area contributed by atoms with Gasteiger partial charge < -0.3 is 15.0 Å². The van der Waals surface area contributed by atoms with E-state index in [4.69, 9.17) is 4.74 Å². The van der Waals surface area contributed by atoms with Crippen molar-refractivity contribution in [2.24, 2.45) is 0 Å². The third kappa shape index (κ3) is 4.13. The number of carbonyl (C=O) groups excluding carboxylic acids is 5. The van der Waals surface area contributed by atoms with Gasteiger partial charge in [-0.1, -0.05) is 6.07 Å². The number of nitrogens with zero attached hydrogens (tertiary/aromatic N) is 2. The Morgan fingerprint density at radius 1 is 1.19 bits per heavy atom. The highest BCUT2D eigenvalue weighted by Crippen LogP contribution is 2.33. The number of amides is 5. The molecule has 2 atom stereocenters. The fraction of sp³-hybridized carbons (Fsp3) is 0.450. The molecular weight excluding hydrogens is 428 g/mol. The van der Waals surface area contributed by atoms with Crippen LogP contribution in [0.25, 0.3) is 0 Å². The molecule has 11 heteroatoms. The summed E-state index contributed by atoms with van der Waals surface area (Å²) < 4.78 is 5.62. The summed E-state index contributed by atoms with van der Waals surface area (Å²) in [7, 11) is 1.71. The van der Waals surface area contributed by atoms with E-state index in [9.17, 15) is 24.0 Å². The van der Waals surface area contributed by atoms with Gasteiger partial charge in [0.25, 0.3) is 17.7 Å². The van der Waals surface area contributed by atoms with Crippen LogP contribution < -0.4 is 15.4 Å². The van der Waals surface area contributed by atoms with Crippen LogP contribution in [0.3, 0.4) is 0 Å². The van der Waals surface area contributed by atoms with Crippen LogP contribution in [-0.2, 0) is 14.4 Å². The first-order chi connectivity index (χ1) is 14.4. The summed E-state index contributed by atoms with van der Waals surface area (Å²) in [6.07, 6.45) is 0.978. The van der Waals surface area contributed by atoms with E-state index in [0.29, 0.717) is 0 Å². The SMILES string of the molecule is CN(C(=O)COc1cccc2c1C(=O)N(C1CCC(=O)NC1=O)C2=O)C1CCNC1.Cl. The first-order valence-electron chi connectivity index (χ1n) is 9.82. The Morgan fingerprint density at radius 3 is 2.65 bits per heavy atom. The molecule has 2 unspecified atom stereocenters. The topological polar surface area (TPSA) is 125 Å². The second-order valence-electron chi connectivity index (χ2n) is 7.57.